The van der Waals surface area contributed by atoms with Gasteiger partial charge in [-0.1, -0.05) is 35.3 Å². The molecule has 110 valence electrons. The van der Waals surface area contributed by atoms with Crippen LogP contribution in [0.15, 0.2) is 36.4 Å². The zero-order chi connectivity index (χ0) is 15.4. The van der Waals surface area contributed by atoms with E-state index in [0.29, 0.717) is 11.6 Å². The smallest absolute Gasteiger partial charge is 0.253 e. The zero-order valence-corrected chi connectivity index (χ0v) is 12.8. The lowest BCUT2D eigenvalue weighted by molar-refractivity contribution is 0.0951. The molecule has 0 unspecified atom stereocenters. The molecule has 0 aliphatic carbocycles. The molecule has 0 bridgehead atoms. The Morgan fingerprint density at radius 2 is 1.90 bits per heavy atom. The summed E-state index contributed by atoms with van der Waals surface area (Å²) in [6.45, 7) is 0.367. The van der Waals surface area contributed by atoms with Crippen molar-refractivity contribution in [2.45, 2.75) is 6.54 Å². The van der Waals surface area contributed by atoms with Crippen LogP contribution < -0.4 is 15.8 Å². The Hall–Kier alpha value is -1.91. The van der Waals surface area contributed by atoms with Gasteiger partial charge in [-0.3, -0.25) is 4.79 Å². The quantitative estimate of drug-likeness (QED) is 0.846. The van der Waals surface area contributed by atoms with Crippen LogP contribution in [0.2, 0.25) is 10.0 Å². The van der Waals surface area contributed by atoms with Gasteiger partial charge in [-0.15, -0.1) is 0 Å². The average molecular weight is 325 g/mol. The fourth-order valence-electron chi connectivity index (χ4n) is 1.80. The molecule has 0 atom stereocenters. The molecule has 0 aromatic heterocycles. The molecule has 6 heteroatoms. The molecule has 0 spiro atoms. The van der Waals surface area contributed by atoms with E-state index in [2.05, 4.69) is 5.32 Å². The van der Waals surface area contributed by atoms with Crippen LogP contribution >= 0.6 is 23.2 Å². The first-order valence-corrected chi connectivity index (χ1v) is 6.92. The number of ether oxygens (including phenoxy) is 1. The Morgan fingerprint density at radius 1 is 1.24 bits per heavy atom. The predicted octanol–water partition coefficient (Wildman–Crippen LogP) is 3.51. The third-order valence-electron chi connectivity index (χ3n) is 2.92. The molecule has 0 aliphatic rings. The van der Waals surface area contributed by atoms with Crippen molar-refractivity contribution in [2.75, 3.05) is 12.8 Å². The second kappa shape index (κ2) is 6.70. The average Bonchev–Trinajstić information content (AvgIpc) is 2.49. The molecular weight excluding hydrogens is 311 g/mol. The molecule has 2 rings (SSSR count). The van der Waals surface area contributed by atoms with Crippen molar-refractivity contribution in [2.24, 2.45) is 0 Å². The molecule has 2 aromatic rings. The van der Waals surface area contributed by atoms with Gasteiger partial charge in [-0.2, -0.15) is 0 Å². The number of hydrogen-bond donors (Lipinski definition) is 2. The fraction of sp³-hybridized carbons (Fsp3) is 0.133. The summed E-state index contributed by atoms with van der Waals surface area (Å²) in [4.78, 5) is 12.1. The Bertz CT molecular complexity index is 657. The van der Waals surface area contributed by atoms with Gasteiger partial charge in [0.05, 0.1) is 23.4 Å². The van der Waals surface area contributed by atoms with Crippen LogP contribution in [0.3, 0.4) is 0 Å². The van der Waals surface area contributed by atoms with E-state index >= 15 is 0 Å². The molecule has 0 saturated heterocycles. The number of amides is 1. The van der Waals surface area contributed by atoms with E-state index in [1.165, 1.54) is 12.1 Å². The maximum Gasteiger partial charge on any atom is 0.253 e. The van der Waals surface area contributed by atoms with E-state index in [1.54, 1.807) is 7.11 Å². The van der Waals surface area contributed by atoms with Gasteiger partial charge in [0.25, 0.3) is 5.91 Å². The van der Waals surface area contributed by atoms with E-state index in [4.69, 9.17) is 33.7 Å². The minimum atomic E-state index is -0.329. The highest BCUT2D eigenvalue weighted by atomic mass is 35.5. The topological polar surface area (TPSA) is 64.3 Å². The number of benzene rings is 2. The third-order valence-corrected chi connectivity index (χ3v) is 3.56. The minimum Gasteiger partial charge on any atom is -0.497 e. The summed E-state index contributed by atoms with van der Waals surface area (Å²) in [6, 6.07) is 10.4. The van der Waals surface area contributed by atoms with Crippen LogP contribution in [-0.2, 0) is 6.54 Å². The van der Waals surface area contributed by atoms with Crippen LogP contribution in [0.5, 0.6) is 5.75 Å². The first-order chi connectivity index (χ1) is 10.0. The van der Waals surface area contributed by atoms with Crippen molar-refractivity contribution >= 4 is 34.8 Å². The Kier molecular flexibility index (Phi) is 4.94. The lowest BCUT2D eigenvalue weighted by Gasteiger charge is -2.09. The number of hydrogen-bond acceptors (Lipinski definition) is 3. The van der Waals surface area contributed by atoms with Crippen molar-refractivity contribution in [3.63, 3.8) is 0 Å². The van der Waals surface area contributed by atoms with Gasteiger partial charge in [-0.25, -0.2) is 0 Å². The van der Waals surface area contributed by atoms with Crippen molar-refractivity contribution in [1.29, 1.82) is 0 Å². The number of rotatable bonds is 4. The van der Waals surface area contributed by atoms with Gasteiger partial charge < -0.3 is 15.8 Å². The van der Waals surface area contributed by atoms with Gasteiger partial charge in [0.2, 0.25) is 0 Å². The second-order valence-electron chi connectivity index (χ2n) is 4.39. The lowest BCUT2D eigenvalue weighted by Crippen LogP contribution is -2.23. The zero-order valence-electron chi connectivity index (χ0n) is 11.3. The van der Waals surface area contributed by atoms with E-state index in [9.17, 15) is 4.79 Å². The molecule has 0 radical (unpaired) electrons. The van der Waals surface area contributed by atoms with Crippen LogP contribution in [0.1, 0.15) is 15.9 Å². The normalized spacial score (nSPS) is 10.2. The maximum atomic E-state index is 12.1. The molecule has 0 heterocycles. The summed E-state index contributed by atoms with van der Waals surface area (Å²) in [5.41, 5.74) is 7.16. The number of halogens is 2. The van der Waals surface area contributed by atoms with Gasteiger partial charge in [0, 0.05) is 11.6 Å². The molecule has 1 amide bonds. The summed E-state index contributed by atoms with van der Waals surface area (Å²) in [5, 5.41) is 3.34. The monoisotopic (exact) mass is 324 g/mol. The molecule has 0 saturated carbocycles. The number of nitrogens with one attached hydrogen (secondary N) is 1. The van der Waals surface area contributed by atoms with Gasteiger partial charge in [0.15, 0.2) is 0 Å². The van der Waals surface area contributed by atoms with Crippen molar-refractivity contribution in [3.8, 4) is 5.75 Å². The highest BCUT2D eigenvalue weighted by Crippen LogP contribution is 2.27. The molecule has 0 fully saturated rings. The maximum absolute atomic E-state index is 12.1. The molecule has 2 aromatic carbocycles. The van der Waals surface area contributed by atoms with Crippen LogP contribution in [0.4, 0.5) is 5.69 Å². The molecular formula is C15H14Cl2N2O2. The molecule has 21 heavy (non-hydrogen) atoms. The number of methoxy groups -OCH3 is 1. The van der Waals surface area contributed by atoms with Crippen molar-refractivity contribution in [3.05, 3.63) is 57.6 Å². The SMILES string of the molecule is COc1ccc(CNC(=O)c2cc(Cl)cc(N)c2Cl)cc1. The first-order valence-electron chi connectivity index (χ1n) is 6.17. The third kappa shape index (κ3) is 3.80. The summed E-state index contributed by atoms with van der Waals surface area (Å²) in [7, 11) is 1.60. The van der Waals surface area contributed by atoms with E-state index in [-0.39, 0.29) is 22.2 Å². The number of carbonyl (C=O) groups is 1. The lowest BCUT2D eigenvalue weighted by atomic mass is 10.1. The first kappa shape index (κ1) is 15.5. The van der Waals surface area contributed by atoms with Crippen LogP contribution in [-0.4, -0.2) is 13.0 Å². The summed E-state index contributed by atoms with van der Waals surface area (Å²) >= 11 is 11.9. The largest absolute Gasteiger partial charge is 0.497 e. The van der Waals surface area contributed by atoms with Gasteiger partial charge in [-0.05, 0) is 29.8 Å². The molecule has 4 nitrogen and oxygen atoms in total. The Labute approximate surface area is 132 Å². The molecule has 3 N–H and O–H groups in total. The number of nitrogen functional groups attached to an aromatic ring is 1. The highest BCUT2D eigenvalue weighted by Gasteiger charge is 2.13. The van der Waals surface area contributed by atoms with E-state index < -0.39 is 0 Å². The second-order valence-corrected chi connectivity index (χ2v) is 5.20. The van der Waals surface area contributed by atoms with Crippen LogP contribution in [0.25, 0.3) is 0 Å². The van der Waals surface area contributed by atoms with Crippen molar-refractivity contribution < 1.29 is 9.53 Å². The summed E-state index contributed by atoms with van der Waals surface area (Å²) in [5.74, 6) is 0.431. The Morgan fingerprint density at radius 3 is 2.52 bits per heavy atom. The van der Waals surface area contributed by atoms with Crippen molar-refractivity contribution in [1.82, 2.24) is 5.32 Å². The summed E-state index contributed by atoms with van der Waals surface area (Å²) in [6.07, 6.45) is 0. The minimum absolute atomic E-state index is 0.201. The fourth-order valence-corrected chi connectivity index (χ4v) is 2.22. The summed E-state index contributed by atoms with van der Waals surface area (Å²) < 4.78 is 5.07. The van der Waals surface area contributed by atoms with Gasteiger partial charge >= 0.3 is 0 Å². The number of carbonyl (C=O) groups excluding carboxylic acids is 1. The number of nitrogens with two attached hydrogens (primary N) is 1. The predicted molar refractivity (Wildman–Crippen MR) is 85.0 cm³/mol. The Balaban J connectivity index is 2.08. The van der Waals surface area contributed by atoms with E-state index in [0.717, 1.165) is 11.3 Å². The number of anilines is 1. The van der Waals surface area contributed by atoms with Gasteiger partial charge in [0.1, 0.15) is 5.75 Å². The molecule has 0 aliphatic heterocycles. The highest BCUT2D eigenvalue weighted by molar-refractivity contribution is 6.38. The van der Waals surface area contributed by atoms with E-state index in [1.807, 2.05) is 24.3 Å². The van der Waals surface area contributed by atoms with Crippen LogP contribution in [0, 0.1) is 0 Å². The standard InChI is InChI=1S/C15H14Cl2N2O2/c1-21-11-4-2-9(3-5-11)8-19-15(20)12-6-10(16)7-13(18)14(12)17/h2-7H,8,18H2,1H3,(H,19,20).